The third kappa shape index (κ3) is 3.80. The van der Waals surface area contributed by atoms with Crippen molar-refractivity contribution in [2.24, 2.45) is 0 Å². The summed E-state index contributed by atoms with van der Waals surface area (Å²) in [4.78, 5) is 7.30. The van der Waals surface area contributed by atoms with Gasteiger partial charge in [0.05, 0.1) is 11.0 Å². The van der Waals surface area contributed by atoms with Crippen LogP contribution in [0.3, 0.4) is 0 Å². The minimum absolute atomic E-state index is 0.738. The standard InChI is InChI=1S/C20H24ClN3/c1-3-23(4-2)12-13-24-19-11-10-17(21)15-18(19)22-20(24)14-16-8-6-5-7-9-16/h5-11,15H,3-4,12-14H2,1-2H3. The summed E-state index contributed by atoms with van der Waals surface area (Å²) in [6, 6.07) is 16.5. The zero-order valence-electron chi connectivity index (χ0n) is 14.4. The Balaban J connectivity index is 1.95. The number of halogens is 1. The molecule has 3 rings (SSSR count). The van der Waals surface area contributed by atoms with Gasteiger partial charge in [-0.2, -0.15) is 0 Å². The van der Waals surface area contributed by atoms with Crippen molar-refractivity contribution in [2.75, 3.05) is 19.6 Å². The van der Waals surface area contributed by atoms with Crippen LogP contribution in [0, 0.1) is 0 Å². The van der Waals surface area contributed by atoms with Gasteiger partial charge in [-0.1, -0.05) is 55.8 Å². The van der Waals surface area contributed by atoms with Crippen LogP contribution in [0.1, 0.15) is 25.2 Å². The maximum Gasteiger partial charge on any atom is 0.114 e. The second-order valence-corrected chi connectivity index (χ2v) is 6.44. The Morgan fingerprint density at radius 3 is 2.50 bits per heavy atom. The van der Waals surface area contributed by atoms with Gasteiger partial charge in [-0.25, -0.2) is 4.98 Å². The van der Waals surface area contributed by atoms with E-state index < -0.39 is 0 Å². The van der Waals surface area contributed by atoms with Crippen LogP contribution >= 0.6 is 11.6 Å². The van der Waals surface area contributed by atoms with Gasteiger partial charge < -0.3 is 9.47 Å². The second-order valence-electron chi connectivity index (χ2n) is 6.00. The van der Waals surface area contributed by atoms with E-state index in [1.165, 1.54) is 5.56 Å². The largest absolute Gasteiger partial charge is 0.326 e. The van der Waals surface area contributed by atoms with Gasteiger partial charge in [0.15, 0.2) is 0 Å². The molecule has 0 unspecified atom stereocenters. The van der Waals surface area contributed by atoms with Crippen LogP contribution in [0.15, 0.2) is 48.5 Å². The molecule has 3 aromatic rings. The van der Waals surface area contributed by atoms with Gasteiger partial charge in [0, 0.05) is 24.5 Å². The lowest BCUT2D eigenvalue weighted by Crippen LogP contribution is -2.27. The van der Waals surface area contributed by atoms with Gasteiger partial charge in [0.1, 0.15) is 5.82 Å². The number of benzene rings is 2. The smallest absolute Gasteiger partial charge is 0.114 e. The summed E-state index contributed by atoms with van der Waals surface area (Å²) in [7, 11) is 0. The zero-order chi connectivity index (χ0) is 16.9. The molecule has 0 saturated carbocycles. The minimum atomic E-state index is 0.738. The summed E-state index contributed by atoms with van der Waals surface area (Å²) in [6.45, 7) is 8.54. The summed E-state index contributed by atoms with van der Waals surface area (Å²) in [5.74, 6) is 1.10. The fourth-order valence-corrected chi connectivity index (χ4v) is 3.26. The molecular weight excluding hydrogens is 318 g/mol. The van der Waals surface area contributed by atoms with Crippen LogP contribution in [-0.2, 0) is 13.0 Å². The van der Waals surface area contributed by atoms with Crippen molar-refractivity contribution in [1.29, 1.82) is 0 Å². The minimum Gasteiger partial charge on any atom is -0.326 e. The molecule has 3 nitrogen and oxygen atoms in total. The Bertz CT molecular complexity index is 791. The molecule has 0 fully saturated rings. The normalized spacial score (nSPS) is 11.5. The van der Waals surface area contributed by atoms with E-state index >= 15 is 0 Å². The monoisotopic (exact) mass is 341 g/mol. The van der Waals surface area contributed by atoms with Crippen molar-refractivity contribution in [3.63, 3.8) is 0 Å². The molecule has 1 heterocycles. The number of aromatic nitrogens is 2. The Labute approximate surface area is 148 Å². The van der Waals surface area contributed by atoms with Crippen LogP contribution < -0.4 is 0 Å². The molecule has 0 atom stereocenters. The van der Waals surface area contributed by atoms with E-state index in [1.54, 1.807) is 0 Å². The quantitative estimate of drug-likeness (QED) is 0.625. The van der Waals surface area contributed by atoms with Gasteiger partial charge in [-0.3, -0.25) is 0 Å². The molecule has 1 aromatic heterocycles. The first-order valence-electron chi connectivity index (χ1n) is 8.62. The number of hydrogen-bond donors (Lipinski definition) is 0. The topological polar surface area (TPSA) is 21.1 Å². The van der Waals surface area contributed by atoms with Crippen LogP contribution in [0.5, 0.6) is 0 Å². The van der Waals surface area contributed by atoms with Crippen LogP contribution in [-0.4, -0.2) is 34.1 Å². The number of nitrogens with zero attached hydrogens (tertiary/aromatic N) is 3. The number of rotatable bonds is 7. The third-order valence-corrected chi connectivity index (χ3v) is 4.76. The maximum atomic E-state index is 6.16. The summed E-state index contributed by atoms with van der Waals surface area (Å²) >= 11 is 6.16. The molecule has 2 aromatic carbocycles. The van der Waals surface area contributed by atoms with Crippen molar-refractivity contribution >= 4 is 22.6 Å². The Kier molecular flexibility index (Phi) is 5.54. The van der Waals surface area contributed by atoms with E-state index in [9.17, 15) is 0 Å². The van der Waals surface area contributed by atoms with Gasteiger partial charge in [-0.15, -0.1) is 0 Å². The van der Waals surface area contributed by atoms with E-state index in [0.717, 1.165) is 54.5 Å². The summed E-state index contributed by atoms with van der Waals surface area (Å²) < 4.78 is 2.34. The average molecular weight is 342 g/mol. The lowest BCUT2D eigenvalue weighted by atomic mass is 10.1. The van der Waals surface area contributed by atoms with Crippen molar-refractivity contribution in [3.05, 3.63) is 64.9 Å². The van der Waals surface area contributed by atoms with Gasteiger partial charge in [0.25, 0.3) is 0 Å². The fourth-order valence-electron chi connectivity index (χ4n) is 3.10. The zero-order valence-corrected chi connectivity index (χ0v) is 15.1. The lowest BCUT2D eigenvalue weighted by molar-refractivity contribution is 0.291. The molecule has 0 saturated heterocycles. The highest BCUT2D eigenvalue weighted by molar-refractivity contribution is 6.31. The molecule has 126 valence electrons. The third-order valence-electron chi connectivity index (χ3n) is 4.53. The van der Waals surface area contributed by atoms with Crippen LogP contribution in [0.2, 0.25) is 5.02 Å². The van der Waals surface area contributed by atoms with Gasteiger partial charge in [0.2, 0.25) is 0 Å². The predicted molar refractivity (Wildman–Crippen MR) is 102 cm³/mol. The summed E-state index contributed by atoms with van der Waals surface area (Å²) in [5, 5.41) is 0.738. The maximum absolute atomic E-state index is 6.16. The molecule has 0 bridgehead atoms. The van der Waals surface area contributed by atoms with Gasteiger partial charge in [-0.05, 0) is 36.9 Å². The highest BCUT2D eigenvalue weighted by Crippen LogP contribution is 2.22. The Hall–Kier alpha value is -1.84. The van der Waals surface area contributed by atoms with Gasteiger partial charge >= 0.3 is 0 Å². The average Bonchev–Trinajstić information content (AvgIpc) is 2.93. The SMILES string of the molecule is CCN(CC)CCn1c(Cc2ccccc2)nc2cc(Cl)ccc21. The highest BCUT2D eigenvalue weighted by Gasteiger charge is 2.12. The first-order valence-corrected chi connectivity index (χ1v) is 9.00. The molecular formula is C20H24ClN3. The first-order chi connectivity index (χ1) is 11.7. The fraction of sp³-hybridized carbons (Fsp3) is 0.350. The van der Waals surface area contributed by atoms with E-state index in [4.69, 9.17) is 16.6 Å². The molecule has 0 aliphatic carbocycles. The Morgan fingerprint density at radius 1 is 1.04 bits per heavy atom. The predicted octanol–water partition coefficient (Wildman–Crippen LogP) is 4.62. The summed E-state index contributed by atoms with van der Waals surface area (Å²) in [5.41, 5.74) is 3.42. The molecule has 0 amide bonds. The van der Waals surface area contributed by atoms with E-state index in [2.05, 4.69) is 53.6 Å². The van der Waals surface area contributed by atoms with Crippen molar-refractivity contribution in [1.82, 2.24) is 14.5 Å². The van der Waals surface area contributed by atoms with Crippen LogP contribution in [0.25, 0.3) is 11.0 Å². The molecule has 0 aliphatic rings. The first kappa shape index (κ1) is 17.0. The highest BCUT2D eigenvalue weighted by atomic mass is 35.5. The second kappa shape index (κ2) is 7.82. The number of fused-ring (bicyclic) bond motifs is 1. The number of hydrogen-bond acceptors (Lipinski definition) is 2. The summed E-state index contributed by atoms with van der Waals surface area (Å²) in [6.07, 6.45) is 0.839. The van der Waals surface area contributed by atoms with E-state index in [-0.39, 0.29) is 0 Å². The van der Waals surface area contributed by atoms with Crippen molar-refractivity contribution < 1.29 is 0 Å². The van der Waals surface area contributed by atoms with Crippen LogP contribution in [0.4, 0.5) is 0 Å². The van der Waals surface area contributed by atoms with Crippen molar-refractivity contribution in [2.45, 2.75) is 26.8 Å². The van der Waals surface area contributed by atoms with Crippen molar-refractivity contribution in [3.8, 4) is 0 Å². The molecule has 0 aliphatic heterocycles. The van der Waals surface area contributed by atoms with E-state index in [0.29, 0.717) is 0 Å². The molecule has 0 spiro atoms. The van der Waals surface area contributed by atoms with E-state index in [1.807, 2.05) is 18.2 Å². The molecule has 0 N–H and O–H groups in total. The Morgan fingerprint density at radius 2 is 1.79 bits per heavy atom. The molecule has 4 heteroatoms. The number of imidazole rings is 1. The molecule has 24 heavy (non-hydrogen) atoms. The number of likely N-dealkylation sites (N-methyl/N-ethyl adjacent to an activating group) is 1. The lowest BCUT2D eigenvalue weighted by Gasteiger charge is -2.19. The molecule has 0 radical (unpaired) electrons.